The zero-order chi connectivity index (χ0) is 38.3. The predicted octanol–water partition coefficient (Wildman–Crippen LogP) is 4.87. The summed E-state index contributed by atoms with van der Waals surface area (Å²) in [5.41, 5.74) is 8.73. The van der Waals surface area contributed by atoms with E-state index in [0.29, 0.717) is 30.6 Å². The number of nitrogens with one attached hydrogen (secondary N) is 1. The first-order valence-electron chi connectivity index (χ1n) is 19.5. The van der Waals surface area contributed by atoms with E-state index in [9.17, 15) is 24.4 Å². The lowest BCUT2D eigenvalue weighted by molar-refractivity contribution is -0.136. The van der Waals surface area contributed by atoms with Crippen LogP contribution in [0.15, 0.2) is 97.1 Å². The van der Waals surface area contributed by atoms with Crippen LogP contribution in [-0.2, 0) is 16.1 Å². The number of allylic oxidation sites excluding steroid dienone is 1. The highest BCUT2D eigenvalue weighted by molar-refractivity contribution is 6.58. The summed E-state index contributed by atoms with van der Waals surface area (Å²) in [6, 6.07) is 31.5. The summed E-state index contributed by atoms with van der Waals surface area (Å²) >= 11 is 0. The van der Waals surface area contributed by atoms with Crippen LogP contribution in [-0.4, -0.2) is 90.1 Å². The molecule has 7 rings (SSSR count). The number of benzene rings is 4. The minimum Gasteiger partial charge on any atom is -0.494 e. The third kappa shape index (κ3) is 8.86. The molecule has 11 heteroatoms. The van der Waals surface area contributed by atoms with Gasteiger partial charge in [0.15, 0.2) is 0 Å². The van der Waals surface area contributed by atoms with E-state index in [0.717, 1.165) is 97.7 Å². The van der Waals surface area contributed by atoms with Gasteiger partial charge in [-0.1, -0.05) is 73.7 Å². The molecule has 4 aromatic rings. The summed E-state index contributed by atoms with van der Waals surface area (Å²) in [7, 11) is -1.50. The molecule has 3 N–H and O–H groups in total. The second kappa shape index (κ2) is 17.5. The SMILES string of the molecule is CC/C(=C(\c1ccc(OCCCCCN2CCN(c3ccc4c(c3)CN(C3CCC(=O)NC3=O)C4=O)CC2)cc1)c1ccc(B(O)O)cc1)c1ccccc1. The van der Waals surface area contributed by atoms with Gasteiger partial charge < -0.3 is 24.6 Å². The Morgan fingerprint density at radius 2 is 1.53 bits per heavy atom. The summed E-state index contributed by atoms with van der Waals surface area (Å²) in [6.45, 7) is 8.07. The van der Waals surface area contributed by atoms with Gasteiger partial charge in [0.1, 0.15) is 11.8 Å². The number of unbranched alkanes of at least 4 members (excludes halogenated alkanes) is 2. The first-order chi connectivity index (χ1) is 26.8. The number of piperidine rings is 1. The van der Waals surface area contributed by atoms with Crippen molar-refractivity contribution in [2.45, 2.75) is 58.0 Å². The number of hydrogen-bond acceptors (Lipinski definition) is 8. The number of rotatable bonds is 14. The van der Waals surface area contributed by atoms with Crippen LogP contribution in [0, 0.1) is 0 Å². The van der Waals surface area contributed by atoms with E-state index in [1.807, 2.05) is 42.5 Å². The maximum absolute atomic E-state index is 13.1. The van der Waals surface area contributed by atoms with Crippen LogP contribution >= 0.6 is 0 Å². The number of imide groups is 1. The lowest BCUT2D eigenvalue weighted by Gasteiger charge is -2.36. The Balaban J connectivity index is 0.861. The summed E-state index contributed by atoms with van der Waals surface area (Å²) in [5, 5.41) is 21.6. The maximum Gasteiger partial charge on any atom is 0.488 e. The monoisotopic (exact) mass is 740 g/mol. The van der Waals surface area contributed by atoms with Crippen molar-refractivity contribution in [2.24, 2.45) is 0 Å². The van der Waals surface area contributed by atoms with E-state index >= 15 is 0 Å². The second-order valence-corrected chi connectivity index (χ2v) is 14.6. The van der Waals surface area contributed by atoms with Crippen LogP contribution in [0.25, 0.3) is 11.1 Å². The molecule has 0 saturated carbocycles. The molecule has 0 spiro atoms. The Morgan fingerprint density at radius 1 is 0.818 bits per heavy atom. The zero-order valence-electron chi connectivity index (χ0n) is 31.5. The van der Waals surface area contributed by atoms with Gasteiger partial charge >= 0.3 is 7.12 Å². The maximum atomic E-state index is 13.1. The van der Waals surface area contributed by atoms with Crippen molar-refractivity contribution >= 4 is 47.1 Å². The first-order valence-corrected chi connectivity index (χ1v) is 19.5. The molecule has 3 aliphatic rings. The van der Waals surface area contributed by atoms with Gasteiger partial charge in [-0.15, -0.1) is 0 Å². The number of carbonyl (C=O) groups is 3. The molecular weight excluding hydrogens is 691 g/mol. The molecule has 284 valence electrons. The van der Waals surface area contributed by atoms with Crippen LogP contribution in [0.2, 0.25) is 0 Å². The van der Waals surface area contributed by atoms with Crippen LogP contribution in [0.3, 0.4) is 0 Å². The molecule has 3 heterocycles. The Hall–Kier alpha value is -5.23. The van der Waals surface area contributed by atoms with E-state index in [1.54, 1.807) is 17.0 Å². The number of hydrogen-bond donors (Lipinski definition) is 3. The van der Waals surface area contributed by atoms with Crippen molar-refractivity contribution in [3.05, 3.63) is 125 Å². The van der Waals surface area contributed by atoms with E-state index < -0.39 is 13.2 Å². The lowest BCUT2D eigenvalue weighted by Crippen LogP contribution is -2.52. The van der Waals surface area contributed by atoms with Gasteiger partial charge in [0.25, 0.3) is 5.91 Å². The topological polar surface area (TPSA) is 123 Å². The molecule has 2 saturated heterocycles. The highest BCUT2D eigenvalue weighted by Crippen LogP contribution is 2.35. The normalized spacial score (nSPS) is 17.9. The molecule has 55 heavy (non-hydrogen) atoms. The van der Waals surface area contributed by atoms with Crippen LogP contribution in [0.5, 0.6) is 5.75 Å². The van der Waals surface area contributed by atoms with E-state index in [1.165, 1.54) is 5.57 Å². The molecule has 0 radical (unpaired) electrons. The predicted molar refractivity (Wildman–Crippen MR) is 216 cm³/mol. The number of fused-ring (bicyclic) bond motifs is 1. The number of amides is 3. The fourth-order valence-electron chi connectivity index (χ4n) is 8.01. The fourth-order valence-corrected chi connectivity index (χ4v) is 8.01. The first kappa shape index (κ1) is 38.1. The summed E-state index contributed by atoms with van der Waals surface area (Å²) in [4.78, 5) is 43.6. The van der Waals surface area contributed by atoms with Gasteiger partial charge in [0.05, 0.1) is 6.61 Å². The molecule has 3 aliphatic heterocycles. The molecule has 0 bridgehead atoms. The van der Waals surface area contributed by atoms with E-state index in [2.05, 4.69) is 64.5 Å². The Bertz CT molecular complexity index is 2010. The van der Waals surface area contributed by atoms with Crippen molar-refractivity contribution in [2.75, 3.05) is 44.2 Å². The van der Waals surface area contributed by atoms with Crippen molar-refractivity contribution < 1.29 is 29.2 Å². The number of carbonyl (C=O) groups excluding carboxylic acids is 3. The highest BCUT2D eigenvalue weighted by atomic mass is 16.5. The number of piperazine rings is 1. The number of ether oxygens (including phenoxy) is 1. The molecule has 10 nitrogen and oxygen atoms in total. The summed E-state index contributed by atoms with van der Waals surface area (Å²) in [5.74, 6) is 0.0447. The standard InChI is InChI=1S/C44H49BN4O6/c1-2-38(31-9-5-3-6-10-31)42(32-11-15-35(16-12-32)45(53)54)33-13-18-37(19-14-33)55-28-8-4-7-23-47-24-26-48(27-25-47)36-17-20-39-34(29-36)30-49(44(39)52)40-21-22-41(50)46-43(40)51/h3,5-6,9-20,29,40,53-54H,2,4,7-8,21-28,30H2,1H3,(H,46,50,51)/b42-38+. The molecule has 4 aromatic carbocycles. The number of anilines is 1. The Kier molecular flexibility index (Phi) is 12.1. The van der Waals surface area contributed by atoms with Crippen LogP contribution in [0.1, 0.15) is 78.1 Å². The van der Waals surface area contributed by atoms with Crippen molar-refractivity contribution in [1.82, 2.24) is 15.1 Å². The molecule has 1 atom stereocenters. The minimum atomic E-state index is -1.50. The highest BCUT2D eigenvalue weighted by Gasteiger charge is 2.39. The van der Waals surface area contributed by atoms with Crippen molar-refractivity contribution in [3.8, 4) is 5.75 Å². The van der Waals surface area contributed by atoms with Gasteiger partial charge in [0, 0.05) is 50.4 Å². The van der Waals surface area contributed by atoms with Gasteiger partial charge in [0.2, 0.25) is 11.8 Å². The van der Waals surface area contributed by atoms with Crippen LogP contribution < -0.4 is 20.4 Å². The molecular formula is C44H49BN4O6. The van der Waals surface area contributed by atoms with E-state index in [-0.39, 0.29) is 24.1 Å². The average molecular weight is 741 g/mol. The third-order valence-electron chi connectivity index (χ3n) is 11.1. The third-order valence-corrected chi connectivity index (χ3v) is 11.1. The van der Waals surface area contributed by atoms with E-state index in [4.69, 9.17) is 4.74 Å². The second-order valence-electron chi connectivity index (χ2n) is 14.6. The molecule has 0 aliphatic carbocycles. The Labute approximate surface area is 323 Å². The molecule has 0 aromatic heterocycles. The van der Waals surface area contributed by atoms with Gasteiger partial charge in [-0.2, -0.15) is 0 Å². The summed E-state index contributed by atoms with van der Waals surface area (Å²) in [6.07, 6.45) is 4.63. The average Bonchev–Trinajstić information content (AvgIpc) is 3.53. The minimum absolute atomic E-state index is 0.138. The molecule has 3 amide bonds. The molecule has 2 fully saturated rings. The van der Waals surface area contributed by atoms with Gasteiger partial charge in [-0.3, -0.25) is 24.6 Å². The van der Waals surface area contributed by atoms with Crippen LogP contribution in [0.4, 0.5) is 5.69 Å². The lowest BCUT2D eigenvalue weighted by atomic mass is 9.79. The number of nitrogens with zero attached hydrogens (tertiary/aromatic N) is 3. The quantitative estimate of drug-likeness (QED) is 0.0726. The largest absolute Gasteiger partial charge is 0.494 e. The summed E-state index contributed by atoms with van der Waals surface area (Å²) < 4.78 is 6.15. The van der Waals surface area contributed by atoms with Gasteiger partial charge in [-0.25, -0.2) is 0 Å². The van der Waals surface area contributed by atoms with Crippen molar-refractivity contribution in [1.29, 1.82) is 0 Å². The van der Waals surface area contributed by atoms with Crippen molar-refractivity contribution in [3.63, 3.8) is 0 Å². The zero-order valence-corrected chi connectivity index (χ0v) is 31.5. The fraction of sp³-hybridized carbons (Fsp3) is 0.341. The Morgan fingerprint density at radius 3 is 2.20 bits per heavy atom. The smallest absolute Gasteiger partial charge is 0.488 e. The van der Waals surface area contributed by atoms with Gasteiger partial charge in [-0.05, 0) is 108 Å². The molecule has 1 unspecified atom stereocenters.